The van der Waals surface area contributed by atoms with Crippen molar-refractivity contribution in [3.63, 3.8) is 0 Å². The minimum Gasteiger partial charge on any atom is -0.336 e. The van der Waals surface area contributed by atoms with E-state index in [1.54, 1.807) is 42.9 Å². The molecule has 1 atom stereocenters. The van der Waals surface area contributed by atoms with Crippen LogP contribution in [0.5, 0.6) is 0 Å². The second kappa shape index (κ2) is 12.3. The molecular weight excluding hydrogens is 420 g/mol. The maximum absolute atomic E-state index is 13.0. The first-order valence-electron chi connectivity index (χ1n) is 10.9. The normalized spacial score (nSPS) is 16.4. The Morgan fingerprint density at radius 2 is 1.91 bits per heavy atom. The first-order chi connectivity index (χ1) is 16.1. The van der Waals surface area contributed by atoms with Crippen LogP contribution in [0.1, 0.15) is 18.9 Å². The molecule has 0 bridgehead atoms. The number of amides is 2. The Balaban J connectivity index is 1.65. The number of nitrogens with zero attached hydrogens (tertiary/aromatic N) is 2. The number of nitrogens with one attached hydrogen (secondary N) is 5. The molecule has 0 spiro atoms. The summed E-state index contributed by atoms with van der Waals surface area (Å²) < 4.78 is 0. The molecule has 2 heterocycles. The van der Waals surface area contributed by atoms with Crippen LogP contribution >= 0.6 is 0 Å². The standard InChI is InChI=1S/C23H30N8O2/c1-2-9-26-21-19(15-28-23(31-21)27-12-8-16-6-10-25-11-7-16)22(33)30-18-5-3-4-17(13-18)29-20(32)14-24/h3-7,10-11,13,15,21,26H,2,8-9,12,14,24H2,1H3,(H,29,32)(H,30,33)(H2,27,28,31). The number of nitrogens with two attached hydrogens (primary N) is 1. The van der Waals surface area contributed by atoms with E-state index in [1.165, 1.54) is 0 Å². The molecule has 0 saturated carbocycles. The van der Waals surface area contributed by atoms with E-state index in [9.17, 15) is 9.59 Å². The van der Waals surface area contributed by atoms with Crippen molar-refractivity contribution in [1.82, 2.24) is 20.9 Å². The third kappa shape index (κ3) is 7.41. The number of aromatic nitrogens is 1. The van der Waals surface area contributed by atoms with Crippen molar-refractivity contribution < 1.29 is 9.59 Å². The Morgan fingerprint density at radius 1 is 1.15 bits per heavy atom. The van der Waals surface area contributed by atoms with Crippen LogP contribution in [0.3, 0.4) is 0 Å². The maximum Gasteiger partial charge on any atom is 0.256 e. The lowest BCUT2D eigenvalue weighted by Crippen LogP contribution is -2.56. The fourth-order valence-electron chi connectivity index (χ4n) is 3.16. The molecule has 7 N–H and O–H groups in total. The highest BCUT2D eigenvalue weighted by Gasteiger charge is 2.25. The molecule has 1 aromatic carbocycles. The molecule has 2 amide bonds. The molecule has 2 aromatic rings. The molecule has 0 aliphatic carbocycles. The van der Waals surface area contributed by atoms with Crippen molar-refractivity contribution in [1.29, 1.82) is 0 Å². The van der Waals surface area contributed by atoms with Gasteiger partial charge in [0.1, 0.15) is 6.17 Å². The molecule has 1 aromatic heterocycles. The van der Waals surface area contributed by atoms with Gasteiger partial charge in [0.2, 0.25) is 5.91 Å². The highest BCUT2D eigenvalue weighted by molar-refractivity contribution is 6.06. The molecule has 10 heteroatoms. The van der Waals surface area contributed by atoms with E-state index in [4.69, 9.17) is 5.73 Å². The van der Waals surface area contributed by atoms with Crippen molar-refractivity contribution in [2.75, 3.05) is 30.3 Å². The van der Waals surface area contributed by atoms with E-state index in [1.807, 2.05) is 12.1 Å². The summed E-state index contributed by atoms with van der Waals surface area (Å²) in [5.41, 5.74) is 8.11. The number of rotatable bonds is 10. The van der Waals surface area contributed by atoms with Gasteiger partial charge in [0.15, 0.2) is 5.96 Å². The van der Waals surface area contributed by atoms with Crippen LogP contribution in [0.25, 0.3) is 0 Å². The summed E-state index contributed by atoms with van der Waals surface area (Å²) in [5.74, 6) is 0.0175. The molecule has 1 aliphatic heterocycles. The number of hydrogen-bond donors (Lipinski definition) is 6. The van der Waals surface area contributed by atoms with Gasteiger partial charge in [-0.3, -0.25) is 24.9 Å². The second-order valence-corrected chi connectivity index (χ2v) is 7.40. The van der Waals surface area contributed by atoms with Gasteiger partial charge in [-0.1, -0.05) is 13.0 Å². The number of guanidine groups is 1. The van der Waals surface area contributed by atoms with Crippen molar-refractivity contribution in [3.8, 4) is 0 Å². The third-order valence-corrected chi connectivity index (χ3v) is 4.83. The quantitative estimate of drug-likeness (QED) is 0.316. The summed E-state index contributed by atoms with van der Waals surface area (Å²) in [6, 6.07) is 10.8. The summed E-state index contributed by atoms with van der Waals surface area (Å²) in [6.45, 7) is 3.27. The summed E-state index contributed by atoms with van der Waals surface area (Å²) in [6.07, 6.45) is 6.49. The number of hydrogen-bond acceptors (Lipinski definition) is 6. The molecule has 1 unspecified atom stereocenters. The summed E-state index contributed by atoms with van der Waals surface area (Å²) in [5, 5.41) is 15.2. The summed E-state index contributed by atoms with van der Waals surface area (Å²) in [7, 11) is 0. The van der Waals surface area contributed by atoms with E-state index in [2.05, 4.69) is 43.5 Å². The lowest BCUT2D eigenvalue weighted by atomic mass is 10.1. The highest BCUT2D eigenvalue weighted by Crippen LogP contribution is 2.17. The molecule has 0 saturated heterocycles. The average Bonchev–Trinajstić information content (AvgIpc) is 2.83. The topological polar surface area (TPSA) is 146 Å². The average molecular weight is 451 g/mol. The predicted octanol–water partition coefficient (Wildman–Crippen LogP) is 0.918. The molecule has 0 fully saturated rings. The number of carbonyl (C=O) groups is 2. The van der Waals surface area contributed by atoms with E-state index < -0.39 is 6.17 Å². The molecule has 1 aliphatic rings. The number of carbonyl (C=O) groups excluding carboxylic acids is 2. The van der Waals surface area contributed by atoms with Crippen molar-refractivity contribution in [2.24, 2.45) is 10.7 Å². The molecule has 0 radical (unpaired) electrons. The van der Waals surface area contributed by atoms with Crippen LogP contribution in [0.15, 0.2) is 65.6 Å². The van der Waals surface area contributed by atoms with Crippen molar-refractivity contribution in [3.05, 3.63) is 66.1 Å². The van der Waals surface area contributed by atoms with Crippen molar-refractivity contribution in [2.45, 2.75) is 25.9 Å². The monoisotopic (exact) mass is 450 g/mol. The first-order valence-corrected chi connectivity index (χ1v) is 10.9. The summed E-state index contributed by atoms with van der Waals surface area (Å²) >= 11 is 0. The molecule has 3 rings (SSSR count). The van der Waals surface area contributed by atoms with Crippen LogP contribution < -0.4 is 32.3 Å². The highest BCUT2D eigenvalue weighted by atomic mass is 16.2. The Bertz CT molecular complexity index is 1010. The van der Waals surface area contributed by atoms with E-state index >= 15 is 0 Å². The van der Waals surface area contributed by atoms with Gasteiger partial charge in [0.05, 0.1) is 12.1 Å². The maximum atomic E-state index is 13.0. The lowest BCUT2D eigenvalue weighted by Gasteiger charge is -2.28. The second-order valence-electron chi connectivity index (χ2n) is 7.40. The Hall–Kier alpha value is -3.76. The zero-order chi connectivity index (χ0) is 23.5. The van der Waals surface area contributed by atoms with Gasteiger partial charge in [0, 0.05) is 36.5 Å². The number of pyridine rings is 1. The van der Waals surface area contributed by atoms with Gasteiger partial charge in [-0.05, 0) is 55.3 Å². The fourth-order valence-corrected chi connectivity index (χ4v) is 3.16. The lowest BCUT2D eigenvalue weighted by molar-refractivity contribution is -0.115. The summed E-state index contributed by atoms with van der Waals surface area (Å²) in [4.78, 5) is 33.1. The minimum atomic E-state index is -0.397. The van der Waals surface area contributed by atoms with Crippen molar-refractivity contribution >= 4 is 29.1 Å². The SMILES string of the molecule is CCCNC1NC(=NCCc2ccncc2)NC=C1C(=O)Nc1cccc(NC(=O)CN)c1. The van der Waals surface area contributed by atoms with Gasteiger partial charge >= 0.3 is 0 Å². The van der Waals surface area contributed by atoms with Gasteiger partial charge in [0.25, 0.3) is 5.91 Å². The van der Waals surface area contributed by atoms with Crippen LogP contribution in [-0.4, -0.2) is 48.6 Å². The van der Waals surface area contributed by atoms with Crippen LogP contribution in [0.2, 0.25) is 0 Å². The van der Waals surface area contributed by atoms with Crippen LogP contribution in [-0.2, 0) is 16.0 Å². The zero-order valence-electron chi connectivity index (χ0n) is 18.6. The molecule has 10 nitrogen and oxygen atoms in total. The van der Waals surface area contributed by atoms with Gasteiger partial charge in [-0.2, -0.15) is 0 Å². The first kappa shape index (κ1) is 23.9. The van der Waals surface area contributed by atoms with Gasteiger partial charge < -0.3 is 27.0 Å². The fraction of sp³-hybridized carbons (Fsp3) is 0.304. The largest absolute Gasteiger partial charge is 0.336 e. The van der Waals surface area contributed by atoms with E-state index in [-0.39, 0.29) is 18.4 Å². The third-order valence-electron chi connectivity index (χ3n) is 4.83. The molecule has 33 heavy (non-hydrogen) atoms. The molecule has 174 valence electrons. The van der Waals surface area contributed by atoms with Crippen LogP contribution in [0, 0.1) is 0 Å². The van der Waals surface area contributed by atoms with E-state index in [0.717, 1.165) is 24.9 Å². The number of anilines is 2. The molecular formula is C23H30N8O2. The van der Waals surface area contributed by atoms with Gasteiger partial charge in [-0.25, -0.2) is 0 Å². The number of aliphatic imine (C=N–C) groups is 1. The minimum absolute atomic E-state index is 0.113. The van der Waals surface area contributed by atoms with E-state index in [0.29, 0.717) is 29.5 Å². The smallest absolute Gasteiger partial charge is 0.256 e. The predicted molar refractivity (Wildman–Crippen MR) is 129 cm³/mol. The Kier molecular flexibility index (Phi) is 8.92. The zero-order valence-corrected chi connectivity index (χ0v) is 18.6. The van der Waals surface area contributed by atoms with Crippen LogP contribution in [0.4, 0.5) is 11.4 Å². The Labute approximate surface area is 193 Å². The number of benzene rings is 1. The Morgan fingerprint density at radius 3 is 2.64 bits per heavy atom. The van der Waals surface area contributed by atoms with Gasteiger partial charge in [-0.15, -0.1) is 0 Å².